The van der Waals surface area contributed by atoms with Gasteiger partial charge in [0.1, 0.15) is 13.2 Å². The first-order valence-electron chi connectivity index (χ1n) is 19.4. The Morgan fingerprint density at radius 2 is 1.15 bits per heavy atom. The van der Waals surface area contributed by atoms with Gasteiger partial charge in [-0.15, -0.1) is 0 Å². The molecule has 0 aliphatic heterocycles. The highest BCUT2D eigenvalue weighted by Gasteiger charge is 2.27. The zero-order chi connectivity index (χ0) is 35.8. The number of amides is 1. The summed E-state index contributed by atoms with van der Waals surface area (Å²) in [7, 11) is 1.54. The van der Waals surface area contributed by atoms with Gasteiger partial charge in [0.05, 0.1) is 39.9 Å². The number of phosphoric ester groups is 1. The van der Waals surface area contributed by atoms with E-state index in [9.17, 15) is 19.4 Å². The monoisotopic (exact) mass is 700 g/mol. The van der Waals surface area contributed by atoms with E-state index in [0.717, 1.165) is 44.9 Å². The molecule has 3 atom stereocenters. The Hall–Kier alpha value is -1.28. The summed E-state index contributed by atoms with van der Waals surface area (Å²) in [5.74, 6) is -0.196. The standard InChI is InChI=1S/C39H75N2O6P/c1-6-8-10-12-14-16-18-19-20-21-22-23-24-26-28-30-32-38(42)37(36-47-48(44,45)46-35-34-41(3,4)5)40-39(43)33-31-29-27-25-17-15-13-11-9-7-2/h19-20,23-24,30,32,37-38,42H,6-18,21-22,25-29,31,33-36H2,1-5H3,(H-,40,43,44,45)/p+1/b20-19+,24-23+,32-30+. The van der Waals surface area contributed by atoms with Gasteiger partial charge < -0.3 is 19.8 Å². The molecular formula is C39H76N2O6P+. The third-order valence-electron chi connectivity index (χ3n) is 8.34. The van der Waals surface area contributed by atoms with Crippen molar-refractivity contribution in [2.75, 3.05) is 40.9 Å². The lowest BCUT2D eigenvalue weighted by atomic mass is 10.1. The number of aliphatic hydroxyl groups excluding tert-OH is 1. The number of aliphatic hydroxyl groups is 1. The first-order valence-corrected chi connectivity index (χ1v) is 20.9. The van der Waals surface area contributed by atoms with Gasteiger partial charge in [-0.05, 0) is 44.9 Å². The van der Waals surface area contributed by atoms with E-state index in [2.05, 4.69) is 43.5 Å². The SMILES string of the molecule is CCCCCCCC/C=C/CC/C=C/CC/C=C/C(O)C(COP(=O)(O)OCC[N+](C)(C)C)NC(=O)CCCCCCCCCCCC. The van der Waals surface area contributed by atoms with Crippen LogP contribution in [0, 0.1) is 0 Å². The van der Waals surface area contributed by atoms with E-state index in [1.165, 1.54) is 89.9 Å². The van der Waals surface area contributed by atoms with E-state index in [-0.39, 0.29) is 19.1 Å². The topological polar surface area (TPSA) is 105 Å². The molecule has 48 heavy (non-hydrogen) atoms. The zero-order valence-corrected chi connectivity index (χ0v) is 32.6. The molecule has 3 N–H and O–H groups in total. The van der Waals surface area contributed by atoms with E-state index < -0.39 is 20.0 Å². The van der Waals surface area contributed by atoms with Crippen LogP contribution < -0.4 is 5.32 Å². The molecule has 0 rings (SSSR count). The molecule has 282 valence electrons. The molecule has 0 saturated carbocycles. The molecule has 1 amide bonds. The average molecular weight is 700 g/mol. The van der Waals surface area contributed by atoms with Gasteiger partial charge >= 0.3 is 7.82 Å². The average Bonchev–Trinajstić information content (AvgIpc) is 3.02. The number of quaternary nitrogens is 1. The number of likely N-dealkylation sites (N-methyl/N-ethyl adjacent to an activating group) is 1. The number of unbranched alkanes of at least 4 members (excludes halogenated alkanes) is 17. The minimum absolute atomic E-state index is 0.0541. The quantitative estimate of drug-likeness (QED) is 0.0267. The number of phosphoric acid groups is 1. The molecule has 0 aromatic rings. The highest BCUT2D eigenvalue weighted by Crippen LogP contribution is 2.43. The van der Waals surface area contributed by atoms with Gasteiger partial charge in [0.15, 0.2) is 0 Å². The summed E-state index contributed by atoms with van der Waals surface area (Å²) in [5, 5.41) is 13.7. The second-order valence-electron chi connectivity index (χ2n) is 14.3. The zero-order valence-electron chi connectivity index (χ0n) is 31.7. The summed E-state index contributed by atoms with van der Waals surface area (Å²) < 4.78 is 23.4. The van der Waals surface area contributed by atoms with E-state index in [0.29, 0.717) is 17.4 Å². The lowest BCUT2D eigenvalue weighted by Gasteiger charge is -2.25. The predicted molar refractivity (Wildman–Crippen MR) is 203 cm³/mol. The van der Waals surface area contributed by atoms with Gasteiger partial charge in [0.25, 0.3) is 0 Å². The van der Waals surface area contributed by atoms with Crippen molar-refractivity contribution in [1.29, 1.82) is 0 Å². The fourth-order valence-corrected chi connectivity index (χ4v) is 5.92. The number of rotatable bonds is 34. The lowest BCUT2D eigenvalue weighted by molar-refractivity contribution is -0.870. The summed E-state index contributed by atoms with van der Waals surface area (Å²) >= 11 is 0. The molecule has 0 aliphatic carbocycles. The Morgan fingerprint density at radius 1 is 0.688 bits per heavy atom. The molecular weight excluding hydrogens is 623 g/mol. The van der Waals surface area contributed by atoms with E-state index in [4.69, 9.17) is 9.05 Å². The first kappa shape index (κ1) is 46.7. The largest absolute Gasteiger partial charge is 0.472 e. The van der Waals surface area contributed by atoms with Crippen molar-refractivity contribution in [2.24, 2.45) is 0 Å². The van der Waals surface area contributed by atoms with Crippen molar-refractivity contribution in [3.63, 3.8) is 0 Å². The molecule has 0 fully saturated rings. The van der Waals surface area contributed by atoms with Crippen molar-refractivity contribution < 1.29 is 32.9 Å². The van der Waals surface area contributed by atoms with Crippen LogP contribution in [0.3, 0.4) is 0 Å². The number of hydrogen-bond acceptors (Lipinski definition) is 5. The third kappa shape index (κ3) is 33.2. The number of nitrogens with one attached hydrogen (secondary N) is 1. The smallest absolute Gasteiger partial charge is 0.387 e. The van der Waals surface area contributed by atoms with Crippen LogP contribution in [0.5, 0.6) is 0 Å². The Morgan fingerprint density at radius 3 is 1.67 bits per heavy atom. The molecule has 9 heteroatoms. The van der Waals surface area contributed by atoms with Gasteiger partial charge in [-0.2, -0.15) is 0 Å². The maximum Gasteiger partial charge on any atom is 0.472 e. The van der Waals surface area contributed by atoms with Crippen molar-refractivity contribution in [3.8, 4) is 0 Å². The fraction of sp³-hybridized carbons (Fsp3) is 0.821. The van der Waals surface area contributed by atoms with E-state index in [1.54, 1.807) is 6.08 Å². The van der Waals surface area contributed by atoms with Gasteiger partial charge in [0, 0.05) is 6.42 Å². The molecule has 8 nitrogen and oxygen atoms in total. The van der Waals surface area contributed by atoms with Crippen LogP contribution in [-0.2, 0) is 18.4 Å². The van der Waals surface area contributed by atoms with Crippen LogP contribution in [0.1, 0.15) is 155 Å². The van der Waals surface area contributed by atoms with Gasteiger partial charge in [-0.1, -0.05) is 140 Å². The maximum atomic E-state index is 12.7. The summed E-state index contributed by atoms with van der Waals surface area (Å²) in [5.41, 5.74) is 0. The molecule has 0 aliphatic rings. The van der Waals surface area contributed by atoms with Crippen molar-refractivity contribution in [1.82, 2.24) is 5.32 Å². The normalized spacial score (nSPS) is 15.1. The molecule has 0 bridgehead atoms. The molecule has 0 saturated heterocycles. The number of hydrogen-bond donors (Lipinski definition) is 3. The Balaban J connectivity index is 4.61. The molecule has 3 unspecified atom stereocenters. The minimum Gasteiger partial charge on any atom is -0.387 e. The number of carbonyl (C=O) groups excluding carboxylic acids is 1. The van der Waals surface area contributed by atoms with Crippen LogP contribution >= 0.6 is 7.82 Å². The summed E-state index contributed by atoms with van der Waals surface area (Å²) in [6, 6.07) is -0.863. The Labute approximate surface area is 296 Å². The van der Waals surface area contributed by atoms with Crippen LogP contribution in [0.15, 0.2) is 36.5 Å². The fourth-order valence-electron chi connectivity index (χ4n) is 5.19. The van der Waals surface area contributed by atoms with E-state index in [1.807, 2.05) is 27.2 Å². The molecule has 0 aromatic carbocycles. The Bertz CT molecular complexity index is 886. The highest BCUT2D eigenvalue weighted by molar-refractivity contribution is 7.47. The van der Waals surface area contributed by atoms with Crippen molar-refractivity contribution in [3.05, 3.63) is 36.5 Å². The summed E-state index contributed by atoms with van der Waals surface area (Å²) in [6.45, 7) is 4.73. The predicted octanol–water partition coefficient (Wildman–Crippen LogP) is 9.96. The van der Waals surface area contributed by atoms with Crippen LogP contribution in [-0.4, -0.2) is 73.4 Å². The van der Waals surface area contributed by atoms with E-state index >= 15 is 0 Å². The summed E-state index contributed by atoms with van der Waals surface area (Å²) in [4.78, 5) is 22.9. The van der Waals surface area contributed by atoms with Crippen LogP contribution in [0.4, 0.5) is 0 Å². The lowest BCUT2D eigenvalue weighted by Crippen LogP contribution is -2.45. The van der Waals surface area contributed by atoms with Gasteiger partial charge in [0.2, 0.25) is 5.91 Å². The highest BCUT2D eigenvalue weighted by atomic mass is 31.2. The number of carbonyl (C=O) groups is 1. The van der Waals surface area contributed by atoms with Crippen LogP contribution in [0.2, 0.25) is 0 Å². The van der Waals surface area contributed by atoms with Gasteiger partial charge in [-0.25, -0.2) is 4.57 Å². The summed E-state index contributed by atoms with van der Waals surface area (Å²) in [6.07, 6.45) is 36.4. The third-order valence-corrected chi connectivity index (χ3v) is 9.32. The van der Waals surface area contributed by atoms with Crippen LogP contribution in [0.25, 0.3) is 0 Å². The molecule has 0 heterocycles. The van der Waals surface area contributed by atoms with Gasteiger partial charge in [-0.3, -0.25) is 13.8 Å². The van der Waals surface area contributed by atoms with Crippen molar-refractivity contribution >= 4 is 13.7 Å². The molecule has 0 aromatic heterocycles. The molecule has 0 radical (unpaired) electrons. The second-order valence-corrected chi connectivity index (χ2v) is 15.7. The minimum atomic E-state index is -4.34. The first-order chi connectivity index (χ1) is 23.0. The second kappa shape index (κ2) is 31.7. The van der Waals surface area contributed by atoms with Crippen molar-refractivity contribution in [2.45, 2.75) is 167 Å². The Kier molecular flexibility index (Phi) is 30.8. The number of allylic oxidation sites excluding steroid dienone is 5. The molecule has 0 spiro atoms. The maximum absolute atomic E-state index is 12.7. The number of nitrogens with zero attached hydrogens (tertiary/aromatic N) is 1.